The summed E-state index contributed by atoms with van der Waals surface area (Å²) in [4.78, 5) is 47.2. The van der Waals surface area contributed by atoms with Crippen LogP contribution in [0.15, 0.2) is 60.7 Å². The summed E-state index contributed by atoms with van der Waals surface area (Å²) in [5.41, 5.74) is 8.73. The van der Waals surface area contributed by atoms with E-state index in [4.69, 9.17) is 28.9 Å². The summed E-state index contributed by atoms with van der Waals surface area (Å²) in [6, 6.07) is 15.6. The Hall–Kier alpha value is -2.57. The standard InChI is InChI=1S/C29H28Cl2IN5O3.ClH/c1-17(22-8-6-20(31)14-24(22)33)37-27(18-2-4-19(30)5-3-18)29(40)36(16-26(38)35-12-10-34-11-13-35)25-9-7-21(32)15-23(25)28(37)39;/h2-9,14-15,17,27,34H,10-13,16,33H2,1H3;1H/t17-,27+;/m1./s1. The molecule has 0 bridgehead atoms. The van der Waals surface area contributed by atoms with Crippen molar-refractivity contribution in [2.75, 3.05) is 43.4 Å². The molecule has 3 aromatic rings. The van der Waals surface area contributed by atoms with E-state index in [0.29, 0.717) is 64.3 Å². The van der Waals surface area contributed by atoms with Gasteiger partial charge in [-0.3, -0.25) is 14.4 Å². The molecule has 3 aromatic carbocycles. The van der Waals surface area contributed by atoms with E-state index < -0.39 is 18.0 Å². The number of nitrogens with zero attached hydrogens (tertiary/aromatic N) is 3. The van der Waals surface area contributed by atoms with E-state index in [2.05, 4.69) is 27.9 Å². The second-order valence-electron chi connectivity index (χ2n) is 9.83. The lowest BCUT2D eigenvalue weighted by Crippen LogP contribution is -2.51. The highest BCUT2D eigenvalue weighted by Crippen LogP contribution is 2.41. The second kappa shape index (κ2) is 13.2. The van der Waals surface area contributed by atoms with Gasteiger partial charge in [0.25, 0.3) is 11.8 Å². The Morgan fingerprint density at radius 3 is 2.34 bits per heavy atom. The maximum absolute atomic E-state index is 14.6. The molecule has 0 radical (unpaired) electrons. The molecule has 1 saturated heterocycles. The molecule has 12 heteroatoms. The number of nitrogens with one attached hydrogen (secondary N) is 1. The highest BCUT2D eigenvalue weighted by atomic mass is 127. The van der Waals surface area contributed by atoms with Gasteiger partial charge in [-0.05, 0) is 83.1 Å². The van der Waals surface area contributed by atoms with Gasteiger partial charge in [-0.15, -0.1) is 12.4 Å². The van der Waals surface area contributed by atoms with Gasteiger partial charge in [0.2, 0.25) is 5.91 Å². The second-order valence-corrected chi connectivity index (χ2v) is 12.0. The number of halogens is 4. The SMILES string of the molecule is C[C@H](c1ccc(Cl)cc1N)N1C(=O)c2cc(I)ccc2N(CC(=O)N2CCNCC2)C(=O)[C@@H]1c1ccc(Cl)cc1.Cl. The molecule has 3 N–H and O–H groups in total. The monoisotopic (exact) mass is 727 g/mol. The van der Waals surface area contributed by atoms with Crippen LogP contribution < -0.4 is 16.0 Å². The molecule has 2 heterocycles. The van der Waals surface area contributed by atoms with Crippen LogP contribution in [0.3, 0.4) is 0 Å². The summed E-state index contributed by atoms with van der Waals surface area (Å²) in [5.74, 6) is -0.913. The van der Waals surface area contributed by atoms with Gasteiger partial charge in [0, 0.05) is 45.5 Å². The van der Waals surface area contributed by atoms with E-state index in [0.717, 1.165) is 3.57 Å². The Bertz CT molecular complexity index is 1470. The number of hydrogen-bond acceptors (Lipinski definition) is 5. The summed E-state index contributed by atoms with van der Waals surface area (Å²) >= 11 is 14.5. The molecule has 5 rings (SSSR count). The smallest absolute Gasteiger partial charge is 0.257 e. The van der Waals surface area contributed by atoms with Crippen LogP contribution >= 0.6 is 58.2 Å². The van der Waals surface area contributed by atoms with Crippen molar-refractivity contribution in [3.63, 3.8) is 0 Å². The predicted octanol–water partition coefficient (Wildman–Crippen LogP) is 5.33. The van der Waals surface area contributed by atoms with Gasteiger partial charge >= 0.3 is 0 Å². The molecule has 8 nitrogen and oxygen atoms in total. The molecule has 2 aliphatic heterocycles. The van der Waals surface area contributed by atoms with E-state index in [1.165, 1.54) is 4.90 Å². The van der Waals surface area contributed by atoms with Crippen molar-refractivity contribution in [2.45, 2.75) is 19.0 Å². The Balaban J connectivity index is 0.00000387. The first-order chi connectivity index (χ1) is 19.2. The van der Waals surface area contributed by atoms with Crippen molar-refractivity contribution in [3.05, 3.63) is 91.0 Å². The fourth-order valence-corrected chi connectivity index (χ4v) is 6.09. The fourth-order valence-electron chi connectivity index (χ4n) is 5.29. The predicted molar refractivity (Wildman–Crippen MR) is 173 cm³/mol. The highest BCUT2D eigenvalue weighted by Gasteiger charge is 2.44. The van der Waals surface area contributed by atoms with Crippen molar-refractivity contribution in [1.82, 2.24) is 15.1 Å². The lowest BCUT2D eigenvalue weighted by molar-refractivity contribution is -0.132. The van der Waals surface area contributed by atoms with Gasteiger partial charge in [0.1, 0.15) is 12.6 Å². The lowest BCUT2D eigenvalue weighted by atomic mass is 9.97. The Kier molecular flexibility index (Phi) is 10.1. The van der Waals surface area contributed by atoms with Gasteiger partial charge in [0.05, 0.1) is 17.3 Å². The van der Waals surface area contributed by atoms with E-state index in [1.807, 2.05) is 13.0 Å². The number of anilines is 2. The Morgan fingerprint density at radius 1 is 1.02 bits per heavy atom. The number of nitrogen functional groups attached to an aromatic ring is 1. The van der Waals surface area contributed by atoms with Gasteiger partial charge in [-0.1, -0.05) is 41.4 Å². The van der Waals surface area contributed by atoms with E-state index >= 15 is 0 Å². The van der Waals surface area contributed by atoms with Crippen LogP contribution in [0.25, 0.3) is 0 Å². The van der Waals surface area contributed by atoms with Crippen LogP contribution in [0, 0.1) is 3.57 Å². The minimum Gasteiger partial charge on any atom is -0.398 e. The average molecular weight is 729 g/mol. The zero-order chi connectivity index (χ0) is 28.6. The molecule has 2 aliphatic rings. The molecule has 0 aliphatic carbocycles. The number of nitrogens with two attached hydrogens (primary N) is 1. The molecule has 2 atom stereocenters. The molecular weight excluding hydrogens is 700 g/mol. The number of benzene rings is 3. The van der Waals surface area contributed by atoms with Crippen molar-refractivity contribution in [1.29, 1.82) is 0 Å². The van der Waals surface area contributed by atoms with Crippen LogP contribution in [0.1, 0.15) is 40.5 Å². The number of carbonyl (C=O) groups is 3. The summed E-state index contributed by atoms with van der Waals surface area (Å²) in [6.07, 6.45) is 0. The lowest BCUT2D eigenvalue weighted by Gasteiger charge is -2.36. The van der Waals surface area contributed by atoms with Crippen molar-refractivity contribution >= 4 is 87.3 Å². The van der Waals surface area contributed by atoms with Crippen molar-refractivity contribution in [3.8, 4) is 0 Å². The van der Waals surface area contributed by atoms with E-state index in [9.17, 15) is 14.4 Å². The molecule has 41 heavy (non-hydrogen) atoms. The minimum absolute atomic E-state index is 0. The normalized spacial score (nSPS) is 18.0. The minimum atomic E-state index is -1.05. The number of piperazine rings is 1. The average Bonchev–Trinajstić information content (AvgIpc) is 3.02. The van der Waals surface area contributed by atoms with Crippen LogP contribution in [0.2, 0.25) is 10.0 Å². The third kappa shape index (κ3) is 6.44. The van der Waals surface area contributed by atoms with E-state index in [1.54, 1.807) is 64.4 Å². The largest absolute Gasteiger partial charge is 0.398 e. The van der Waals surface area contributed by atoms with Gasteiger partial charge < -0.3 is 25.8 Å². The molecule has 0 spiro atoms. The molecule has 0 aromatic heterocycles. The molecule has 216 valence electrons. The zero-order valence-electron chi connectivity index (χ0n) is 22.1. The summed E-state index contributed by atoms with van der Waals surface area (Å²) < 4.78 is 0.828. The Labute approximate surface area is 268 Å². The quantitative estimate of drug-likeness (QED) is 0.274. The van der Waals surface area contributed by atoms with E-state index in [-0.39, 0.29) is 30.8 Å². The number of hydrogen-bond donors (Lipinski definition) is 2. The molecule has 0 saturated carbocycles. The van der Waals surface area contributed by atoms with Gasteiger partial charge in [-0.25, -0.2) is 0 Å². The topological polar surface area (TPSA) is 99.0 Å². The number of rotatable bonds is 5. The van der Waals surface area contributed by atoms with Crippen molar-refractivity contribution in [2.24, 2.45) is 0 Å². The summed E-state index contributed by atoms with van der Waals surface area (Å²) in [5, 5.41) is 4.21. The maximum Gasteiger partial charge on any atom is 0.257 e. The molecule has 0 unspecified atom stereocenters. The van der Waals surface area contributed by atoms with Crippen LogP contribution in [0.4, 0.5) is 11.4 Å². The van der Waals surface area contributed by atoms with Crippen molar-refractivity contribution < 1.29 is 14.4 Å². The number of amides is 3. The summed E-state index contributed by atoms with van der Waals surface area (Å²) in [7, 11) is 0. The first-order valence-corrected chi connectivity index (χ1v) is 14.7. The molecule has 3 amide bonds. The highest BCUT2D eigenvalue weighted by molar-refractivity contribution is 14.1. The molecular formula is C29H29Cl3IN5O3. The van der Waals surface area contributed by atoms with Crippen LogP contribution in [-0.2, 0) is 9.59 Å². The first-order valence-electron chi connectivity index (χ1n) is 12.9. The van der Waals surface area contributed by atoms with Gasteiger partial charge in [0.15, 0.2) is 0 Å². The third-order valence-corrected chi connectivity index (χ3v) is 8.52. The zero-order valence-corrected chi connectivity index (χ0v) is 26.6. The maximum atomic E-state index is 14.6. The van der Waals surface area contributed by atoms with Crippen LogP contribution in [0.5, 0.6) is 0 Å². The fraction of sp³-hybridized carbons (Fsp3) is 0.276. The Morgan fingerprint density at radius 2 is 1.68 bits per heavy atom. The summed E-state index contributed by atoms with van der Waals surface area (Å²) in [6.45, 7) is 4.14. The van der Waals surface area contributed by atoms with Crippen LogP contribution in [-0.4, -0.2) is 60.2 Å². The first kappa shape index (κ1) is 31.4. The third-order valence-electron chi connectivity index (χ3n) is 7.36. The van der Waals surface area contributed by atoms with Gasteiger partial charge in [-0.2, -0.15) is 0 Å². The molecule has 1 fully saturated rings. The number of fused-ring (bicyclic) bond motifs is 1. The number of carbonyl (C=O) groups excluding carboxylic acids is 3.